The number of anilines is 1. The lowest BCUT2D eigenvalue weighted by atomic mass is 10.4. The van der Waals surface area contributed by atoms with Crippen molar-refractivity contribution in [3.05, 3.63) is 12.3 Å². The molecule has 1 aromatic rings. The standard InChI is InChI=1S/C13H21N3O3/c1-4-8-16(10-12(17)18-3)13-14-7-6-11(15-13)19-9-5-2/h6-7H,4-5,8-10H2,1-3H3. The van der Waals surface area contributed by atoms with Crippen molar-refractivity contribution in [2.24, 2.45) is 0 Å². The van der Waals surface area contributed by atoms with Gasteiger partial charge in [-0.1, -0.05) is 13.8 Å². The van der Waals surface area contributed by atoms with Gasteiger partial charge in [-0.25, -0.2) is 4.98 Å². The molecule has 6 nitrogen and oxygen atoms in total. The fraction of sp³-hybridized carbons (Fsp3) is 0.615. The number of methoxy groups -OCH3 is 1. The molecule has 1 rings (SSSR count). The minimum atomic E-state index is -0.308. The quantitative estimate of drug-likeness (QED) is 0.667. The van der Waals surface area contributed by atoms with E-state index < -0.39 is 0 Å². The van der Waals surface area contributed by atoms with Crippen molar-refractivity contribution in [2.75, 3.05) is 31.7 Å². The minimum absolute atomic E-state index is 0.140. The van der Waals surface area contributed by atoms with Crippen molar-refractivity contribution >= 4 is 11.9 Å². The van der Waals surface area contributed by atoms with Crippen molar-refractivity contribution in [3.63, 3.8) is 0 Å². The SMILES string of the molecule is CCCOc1ccnc(N(CCC)CC(=O)OC)n1. The first-order valence-electron chi connectivity index (χ1n) is 6.48. The summed E-state index contributed by atoms with van der Waals surface area (Å²) in [7, 11) is 1.37. The van der Waals surface area contributed by atoms with Crippen molar-refractivity contribution in [1.82, 2.24) is 9.97 Å². The molecular formula is C13H21N3O3. The number of carbonyl (C=O) groups is 1. The van der Waals surface area contributed by atoms with Crippen LogP contribution in [0.4, 0.5) is 5.95 Å². The van der Waals surface area contributed by atoms with Gasteiger partial charge in [0.2, 0.25) is 11.8 Å². The number of esters is 1. The number of hydrogen-bond acceptors (Lipinski definition) is 6. The normalized spacial score (nSPS) is 10.1. The molecule has 0 saturated carbocycles. The van der Waals surface area contributed by atoms with Gasteiger partial charge in [0.1, 0.15) is 6.54 Å². The Balaban J connectivity index is 2.79. The molecule has 0 atom stereocenters. The lowest BCUT2D eigenvalue weighted by Gasteiger charge is -2.20. The maximum Gasteiger partial charge on any atom is 0.325 e. The summed E-state index contributed by atoms with van der Waals surface area (Å²) < 4.78 is 10.1. The zero-order valence-electron chi connectivity index (χ0n) is 11.8. The Morgan fingerprint density at radius 3 is 2.79 bits per heavy atom. The van der Waals surface area contributed by atoms with Crippen LogP contribution in [0.2, 0.25) is 0 Å². The van der Waals surface area contributed by atoms with Crippen LogP contribution in [-0.4, -0.2) is 42.7 Å². The Morgan fingerprint density at radius 1 is 1.37 bits per heavy atom. The highest BCUT2D eigenvalue weighted by atomic mass is 16.5. The van der Waals surface area contributed by atoms with Crippen LogP contribution in [0.1, 0.15) is 26.7 Å². The van der Waals surface area contributed by atoms with E-state index in [1.165, 1.54) is 7.11 Å². The predicted octanol–water partition coefficient (Wildman–Crippen LogP) is 1.65. The molecule has 0 spiro atoms. The van der Waals surface area contributed by atoms with E-state index in [9.17, 15) is 4.79 Å². The maximum absolute atomic E-state index is 11.4. The predicted molar refractivity (Wildman–Crippen MR) is 72.3 cm³/mol. The van der Waals surface area contributed by atoms with Gasteiger partial charge in [-0.05, 0) is 12.8 Å². The monoisotopic (exact) mass is 267 g/mol. The molecule has 1 aromatic heterocycles. The Morgan fingerprint density at radius 2 is 2.16 bits per heavy atom. The number of hydrogen-bond donors (Lipinski definition) is 0. The van der Waals surface area contributed by atoms with Crippen molar-refractivity contribution < 1.29 is 14.3 Å². The molecule has 6 heteroatoms. The van der Waals surface area contributed by atoms with Crippen LogP contribution in [0.25, 0.3) is 0 Å². The first kappa shape index (κ1) is 15.2. The fourth-order valence-corrected chi connectivity index (χ4v) is 1.51. The molecule has 0 unspecified atom stereocenters. The largest absolute Gasteiger partial charge is 0.478 e. The number of aromatic nitrogens is 2. The average Bonchev–Trinajstić information content (AvgIpc) is 2.44. The summed E-state index contributed by atoms with van der Waals surface area (Å²) in [5.41, 5.74) is 0. The fourth-order valence-electron chi connectivity index (χ4n) is 1.51. The van der Waals surface area contributed by atoms with Gasteiger partial charge < -0.3 is 14.4 Å². The molecule has 19 heavy (non-hydrogen) atoms. The van der Waals surface area contributed by atoms with Crippen LogP contribution < -0.4 is 9.64 Å². The van der Waals surface area contributed by atoms with E-state index in [1.807, 2.05) is 13.8 Å². The van der Waals surface area contributed by atoms with Gasteiger partial charge in [-0.3, -0.25) is 4.79 Å². The molecule has 0 radical (unpaired) electrons. The molecule has 0 aliphatic carbocycles. The molecule has 0 saturated heterocycles. The molecular weight excluding hydrogens is 246 g/mol. The van der Waals surface area contributed by atoms with Crippen molar-refractivity contribution in [2.45, 2.75) is 26.7 Å². The van der Waals surface area contributed by atoms with E-state index in [0.717, 1.165) is 12.8 Å². The Hall–Kier alpha value is -1.85. The molecule has 0 aromatic carbocycles. The lowest BCUT2D eigenvalue weighted by Crippen LogP contribution is -2.32. The zero-order chi connectivity index (χ0) is 14.1. The summed E-state index contributed by atoms with van der Waals surface area (Å²) in [5.74, 6) is 0.704. The molecule has 0 N–H and O–H groups in total. The molecule has 0 aliphatic heterocycles. The minimum Gasteiger partial charge on any atom is -0.478 e. The zero-order valence-corrected chi connectivity index (χ0v) is 11.8. The molecule has 0 bridgehead atoms. The van der Waals surface area contributed by atoms with Gasteiger partial charge >= 0.3 is 5.97 Å². The van der Waals surface area contributed by atoms with Crippen molar-refractivity contribution in [3.8, 4) is 5.88 Å². The van der Waals surface area contributed by atoms with Crippen LogP contribution in [-0.2, 0) is 9.53 Å². The third-order valence-corrected chi connectivity index (χ3v) is 2.40. The van der Waals surface area contributed by atoms with Crippen molar-refractivity contribution in [1.29, 1.82) is 0 Å². The second-order valence-electron chi connectivity index (χ2n) is 4.04. The second kappa shape index (κ2) is 8.29. The van der Waals surface area contributed by atoms with E-state index in [0.29, 0.717) is 25.0 Å². The summed E-state index contributed by atoms with van der Waals surface area (Å²) in [6, 6.07) is 1.71. The topological polar surface area (TPSA) is 64.5 Å². The van der Waals surface area contributed by atoms with Crippen LogP contribution in [0, 0.1) is 0 Å². The first-order chi connectivity index (χ1) is 9.21. The summed E-state index contributed by atoms with van der Waals surface area (Å²) in [6.07, 6.45) is 3.44. The molecule has 0 aliphatic rings. The maximum atomic E-state index is 11.4. The highest BCUT2D eigenvalue weighted by molar-refractivity contribution is 5.74. The number of carbonyl (C=O) groups excluding carboxylic acids is 1. The summed E-state index contributed by atoms with van der Waals surface area (Å²) in [5, 5.41) is 0. The first-order valence-corrected chi connectivity index (χ1v) is 6.48. The van der Waals surface area contributed by atoms with Gasteiger partial charge in [0.05, 0.1) is 13.7 Å². The van der Waals surface area contributed by atoms with Crippen LogP contribution >= 0.6 is 0 Å². The number of nitrogens with zero attached hydrogens (tertiary/aromatic N) is 3. The van der Waals surface area contributed by atoms with Gasteiger partial charge in [0.25, 0.3) is 0 Å². The van der Waals surface area contributed by atoms with E-state index >= 15 is 0 Å². The van der Waals surface area contributed by atoms with E-state index in [4.69, 9.17) is 4.74 Å². The van der Waals surface area contributed by atoms with Crippen LogP contribution in [0.5, 0.6) is 5.88 Å². The highest BCUT2D eigenvalue weighted by Gasteiger charge is 2.14. The molecule has 106 valence electrons. The van der Waals surface area contributed by atoms with Gasteiger partial charge in [0.15, 0.2) is 0 Å². The highest BCUT2D eigenvalue weighted by Crippen LogP contribution is 2.13. The third kappa shape index (κ3) is 5.11. The second-order valence-corrected chi connectivity index (χ2v) is 4.04. The van der Waals surface area contributed by atoms with Crippen LogP contribution in [0.15, 0.2) is 12.3 Å². The van der Waals surface area contributed by atoms with Crippen LogP contribution in [0.3, 0.4) is 0 Å². The van der Waals surface area contributed by atoms with Gasteiger partial charge in [-0.15, -0.1) is 0 Å². The average molecular weight is 267 g/mol. The van der Waals surface area contributed by atoms with E-state index in [-0.39, 0.29) is 12.5 Å². The van der Waals surface area contributed by atoms with Gasteiger partial charge in [0, 0.05) is 18.8 Å². The summed E-state index contributed by atoms with van der Waals surface area (Å²) in [4.78, 5) is 21.6. The Kier molecular flexibility index (Phi) is 6.63. The summed E-state index contributed by atoms with van der Waals surface area (Å²) in [6.45, 7) is 5.50. The molecule has 0 fully saturated rings. The molecule has 0 amide bonds. The lowest BCUT2D eigenvalue weighted by molar-refractivity contribution is -0.138. The number of ether oxygens (including phenoxy) is 2. The van der Waals surface area contributed by atoms with Gasteiger partial charge in [-0.2, -0.15) is 4.98 Å². The summed E-state index contributed by atoms with van der Waals surface area (Å²) >= 11 is 0. The molecule has 1 heterocycles. The van der Waals surface area contributed by atoms with E-state index in [1.54, 1.807) is 17.2 Å². The Bertz CT molecular complexity index is 398. The Labute approximate surface area is 113 Å². The number of rotatable bonds is 8. The smallest absolute Gasteiger partial charge is 0.325 e. The van der Waals surface area contributed by atoms with E-state index in [2.05, 4.69) is 14.7 Å². The third-order valence-electron chi connectivity index (χ3n) is 2.40.